The van der Waals surface area contributed by atoms with Crippen molar-refractivity contribution in [2.75, 3.05) is 12.3 Å². The molecule has 3 N–H and O–H groups in total. The number of rotatable bonds is 8. The van der Waals surface area contributed by atoms with E-state index in [1.54, 1.807) is 17.8 Å². The highest BCUT2D eigenvalue weighted by molar-refractivity contribution is 7.98. The van der Waals surface area contributed by atoms with Crippen LogP contribution in [0, 0.1) is 5.92 Å². The van der Waals surface area contributed by atoms with Crippen LogP contribution in [0.2, 0.25) is 10.0 Å². The number of hydrogen-bond acceptors (Lipinski definition) is 3. The van der Waals surface area contributed by atoms with Gasteiger partial charge in [0.15, 0.2) is 0 Å². The van der Waals surface area contributed by atoms with Crippen LogP contribution < -0.4 is 5.73 Å². The lowest BCUT2D eigenvalue weighted by molar-refractivity contribution is -0.138. The smallest absolute Gasteiger partial charge is 0.303 e. The van der Waals surface area contributed by atoms with Crippen LogP contribution in [0.5, 0.6) is 0 Å². The summed E-state index contributed by atoms with van der Waals surface area (Å²) in [5.74, 6) is 0.986. The number of halogens is 2. The SMILES string of the molecule is NCC(CCSCc1ccc(Cl)c(Cl)c1)CC(=O)O. The van der Waals surface area contributed by atoms with Gasteiger partial charge < -0.3 is 10.8 Å². The fourth-order valence-corrected chi connectivity index (χ4v) is 3.00. The minimum Gasteiger partial charge on any atom is -0.481 e. The average molecular weight is 322 g/mol. The van der Waals surface area contributed by atoms with Gasteiger partial charge in [-0.3, -0.25) is 4.79 Å². The van der Waals surface area contributed by atoms with Crippen molar-refractivity contribution in [2.24, 2.45) is 11.7 Å². The summed E-state index contributed by atoms with van der Waals surface area (Å²) >= 11 is 13.5. The second kappa shape index (κ2) is 8.69. The second-order valence-electron chi connectivity index (χ2n) is 4.29. The molecule has 0 saturated heterocycles. The number of carboxylic acids is 1. The van der Waals surface area contributed by atoms with Crippen LogP contribution >= 0.6 is 35.0 Å². The first-order chi connectivity index (χ1) is 9.02. The third kappa shape index (κ3) is 6.52. The summed E-state index contributed by atoms with van der Waals surface area (Å²) in [6.45, 7) is 0.416. The molecule has 0 radical (unpaired) electrons. The van der Waals surface area contributed by atoms with E-state index in [0.717, 1.165) is 23.5 Å². The van der Waals surface area contributed by atoms with E-state index in [9.17, 15) is 4.79 Å². The van der Waals surface area contributed by atoms with Crippen LogP contribution in [-0.2, 0) is 10.5 Å². The fourth-order valence-electron chi connectivity index (χ4n) is 1.62. The summed E-state index contributed by atoms with van der Waals surface area (Å²) in [5.41, 5.74) is 6.66. The molecule has 0 aliphatic rings. The monoisotopic (exact) mass is 321 g/mol. The van der Waals surface area contributed by atoms with E-state index in [1.165, 1.54) is 0 Å². The summed E-state index contributed by atoms with van der Waals surface area (Å²) in [5, 5.41) is 9.83. The Balaban J connectivity index is 2.29. The molecular formula is C13H17Cl2NO2S. The highest BCUT2D eigenvalue weighted by Gasteiger charge is 2.11. The molecule has 0 heterocycles. The van der Waals surface area contributed by atoms with Gasteiger partial charge in [-0.25, -0.2) is 0 Å². The van der Waals surface area contributed by atoms with Crippen molar-refractivity contribution >= 4 is 40.9 Å². The minimum absolute atomic E-state index is 0.0544. The van der Waals surface area contributed by atoms with Crippen molar-refractivity contribution in [1.82, 2.24) is 0 Å². The molecule has 1 aromatic carbocycles. The molecule has 3 nitrogen and oxygen atoms in total. The summed E-state index contributed by atoms with van der Waals surface area (Å²) in [6, 6.07) is 5.58. The number of aliphatic carboxylic acids is 1. The van der Waals surface area contributed by atoms with Crippen molar-refractivity contribution in [3.63, 3.8) is 0 Å². The maximum Gasteiger partial charge on any atom is 0.303 e. The van der Waals surface area contributed by atoms with Gasteiger partial charge >= 0.3 is 5.97 Å². The van der Waals surface area contributed by atoms with Gasteiger partial charge in [0.1, 0.15) is 0 Å². The third-order valence-corrected chi connectivity index (χ3v) is 4.52. The van der Waals surface area contributed by atoms with Crippen molar-refractivity contribution in [3.05, 3.63) is 33.8 Å². The molecule has 1 atom stereocenters. The molecule has 0 aliphatic heterocycles. The summed E-state index contributed by atoms with van der Waals surface area (Å²) in [7, 11) is 0. The minimum atomic E-state index is -0.787. The largest absolute Gasteiger partial charge is 0.481 e. The Morgan fingerprint density at radius 3 is 2.68 bits per heavy atom. The van der Waals surface area contributed by atoms with Gasteiger partial charge in [-0.05, 0) is 42.3 Å². The van der Waals surface area contributed by atoms with Crippen LogP contribution in [0.15, 0.2) is 18.2 Å². The molecule has 0 amide bonds. The van der Waals surface area contributed by atoms with Crippen LogP contribution in [-0.4, -0.2) is 23.4 Å². The number of hydrogen-bond donors (Lipinski definition) is 2. The number of thioether (sulfide) groups is 1. The lowest BCUT2D eigenvalue weighted by Gasteiger charge is -2.11. The Hall–Kier alpha value is -0.420. The van der Waals surface area contributed by atoms with Crippen LogP contribution in [0.1, 0.15) is 18.4 Å². The maximum absolute atomic E-state index is 10.6. The van der Waals surface area contributed by atoms with Gasteiger partial charge in [0, 0.05) is 12.2 Å². The molecule has 0 saturated carbocycles. The average Bonchev–Trinajstić information content (AvgIpc) is 2.36. The van der Waals surface area contributed by atoms with E-state index in [0.29, 0.717) is 16.6 Å². The van der Waals surface area contributed by atoms with E-state index in [-0.39, 0.29) is 12.3 Å². The molecule has 0 aliphatic carbocycles. The van der Waals surface area contributed by atoms with E-state index >= 15 is 0 Å². The Labute approximate surface area is 127 Å². The predicted molar refractivity (Wildman–Crippen MR) is 82.0 cm³/mol. The number of benzene rings is 1. The van der Waals surface area contributed by atoms with Gasteiger partial charge in [-0.2, -0.15) is 11.8 Å². The Kier molecular flexibility index (Phi) is 7.61. The highest BCUT2D eigenvalue weighted by Crippen LogP contribution is 2.25. The second-order valence-corrected chi connectivity index (χ2v) is 6.21. The van der Waals surface area contributed by atoms with E-state index in [2.05, 4.69) is 0 Å². The first-order valence-corrected chi connectivity index (χ1v) is 7.87. The first-order valence-electron chi connectivity index (χ1n) is 5.96. The maximum atomic E-state index is 10.6. The molecule has 0 aromatic heterocycles. The molecule has 0 spiro atoms. The zero-order valence-corrected chi connectivity index (χ0v) is 12.8. The number of nitrogens with two attached hydrogens (primary N) is 1. The molecule has 19 heavy (non-hydrogen) atoms. The lowest BCUT2D eigenvalue weighted by atomic mass is 10.0. The zero-order chi connectivity index (χ0) is 14.3. The molecule has 1 rings (SSSR count). The van der Waals surface area contributed by atoms with E-state index in [4.69, 9.17) is 34.0 Å². The molecule has 0 fully saturated rings. The number of carboxylic acid groups (broad SMARTS) is 1. The highest BCUT2D eigenvalue weighted by atomic mass is 35.5. The zero-order valence-electron chi connectivity index (χ0n) is 10.4. The van der Waals surface area contributed by atoms with Crippen LogP contribution in [0.3, 0.4) is 0 Å². The van der Waals surface area contributed by atoms with E-state index in [1.807, 2.05) is 12.1 Å². The van der Waals surface area contributed by atoms with Crippen molar-refractivity contribution < 1.29 is 9.90 Å². The Morgan fingerprint density at radius 2 is 2.11 bits per heavy atom. The fraction of sp³-hybridized carbons (Fsp3) is 0.462. The summed E-state index contributed by atoms with van der Waals surface area (Å²) in [4.78, 5) is 10.6. The molecule has 0 bridgehead atoms. The van der Waals surface area contributed by atoms with E-state index < -0.39 is 5.97 Å². The van der Waals surface area contributed by atoms with Crippen molar-refractivity contribution in [2.45, 2.75) is 18.6 Å². The molecule has 6 heteroatoms. The van der Waals surface area contributed by atoms with Crippen LogP contribution in [0.4, 0.5) is 0 Å². The summed E-state index contributed by atoms with van der Waals surface area (Å²) in [6.07, 6.45) is 0.957. The number of carbonyl (C=O) groups is 1. The molecule has 106 valence electrons. The van der Waals surface area contributed by atoms with Gasteiger partial charge in [-0.15, -0.1) is 0 Å². The third-order valence-electron chi connectivity index (χ3n) is 2.72. The van der Waals surface area contributed by atoms with Gasteiger partial charge in [-0.1, -0.05) is 29.3 Å². The lowest BCUT2D eigenvalue weighted by Crippen LogP contribution is -2.18. The normalized spacial score (nSPS) is 12.4. The quantitative estimate of drug-likeness (QED) is 0.717. The van der Waals surface area contributed by atoms with Gasteiger partial charge in [0.2, 0.25) is 0 Å². The predicted octanol–water partition coefficient (Wildman–Crippen LogP) is 3.67. The van der Waals surface area contributed by atoms with Gasteiger partial charge in [0.05, 0.1) is 10.0 Å². The van der Waals surface area contributed by atoms with Gasteiger partial charge in [0.25, 0.3) is 0 Å². The van der Waals surface area contributed by atoms with Crippen molar-refractivity contribution in [1.29, 1.82) is 0 Å². The molecular weight excluding hydrogens is 305 g/mol. The summed E-state index contributed by atoms with van der Waals surface area (Å²) < 4.78 is 0. The topological polar surface area (TPSA) is 63.3 Å². The Bertz CT molecular complexity index is 429. The Morgan fingerprint density at radius 1 is 1.37 bits per heavy atom. The first kappa shape index (κ1) is 16.6. The van der Waals surface area contributed by atoms with Crippen LogP contribution in [0.25, 0.3) is 0 Å². The molecule has 1 unspecified atom stereocenters. The standard InChI is InChI=1S/C13H17Cl2NO2S/c14-11-2-1-10(5-12(11)15)8-19-4-3-9(7-16)6-13(17)18/h1-2,5,9H,3-4,6-8,16H2,(H,17,18). The molecule has 1 aromatic rings. The van der Waals surface area contributed by atoms with Crippen molar-refractivity contribution in [3.8, 4) is 0 Å².